The van der Waals surface area contributed by atoms with Gasteiger partial charge in [0.05, 0.1) is 12.1 Å². The zero-order valence-corrected chi connectivity index (χ0v) is 13.6. The zero-order valence-electron chi connectivity index (χ0n) is 13.6. The quantitative estimate of drug-likeness (QED) is 0.831. The van der Waals surface area contributed by atoms with E-state index in [1.54, 1.807) is 0 Å². The fraction of sp³-hybridized carbons (Fsp3) is 0.500. The van der Waals surface area contributed by atoms with Crippen molar-refractivity contribution >= 4 is 0 Å². The maximum absolute atomic E-state index is 4.51. The van der Waals surface area contributed by atoms with Gasteiger partial charge < -0.3 is 9.88 Å². The zero-order chi connectivity index (χ0) is 15.2. The smallest absolute Gasteiger partial charge is 0.108 e. The third-order valence-corrected chi connectivity index (χ3v) is 4.00. The molecule has 21 heavy (non-hydrogen) atoms. The Bertz CT molecular complexity index is 542. The Morgan fingerprint density at radius 1 is 1.19 bits per heavy atom. The second-order valence-electron chi connectivity index (χ2n) is 5.69. The number of nitrogens with one attached hydrogen (secondary N) is 1. The molecule has 1 aromatic heterocycles. The minimum absolute atomic E-state index is 0.306. The van der Waals surface area contributed by atoms with Gasteiger partial charge in [0.2, 0.25) is 0 Å². The first-order valence-electron chi connectivity index (χ1n) is 7.99. The first-order valence-corrected chi connectivity index (χ1v) is 7.99. The van der Waals surface area contributed by atoms with Crippen molar-refractivity contribution in [2.45, 2.75) is 52.6 Å². The molecule has 0 bridgehead atoms. The second kappa shape index (κ2) is 7.41. The average molecular weight is 285 g/mol. The highest BCUT2D eigenvalue weighted by Crippen LogP contribution is 2.27. The van der Waals surface area contributed by atoms with Gasteiger partial charge in [-0.05, 0) is 32.4 Å². The molecule has 3 heteroatoms. The maximum atomic E-state index is 4.51. The number of aromatic nitrogens is 2. The fourth-order valence-electron chi connectivity index (χ4n) is 2.85. The summed E-state index contributed by atoms with van der Waals surface area (Å²) in [7, 11) is 0. The SMILES string of the molecule is CCCc1nccn1C(C)C(NCC)c1ccc(C)cc1. The highest BCUT2D eigenvalue weighted by Gasteiger charge is 2.21. The molecule has 2 atom stereocenters. The van der Waals surface area contributed by atoms with Gasteiger partial charge in [0.1, 0.15) is 5.82 Å². The largest absolute Gasteiger partial charge is 0.330 e. The van der Waals surface area contributed by atoms with Crippen LogP contribution in [0.2, 0.25) is 0 Å². The predicted octanol–water partition coefficient (Wildman–Crippen LogP) is 4.06. The molecule has 0 spiro atoms. The molecule has 1 aromatic carbocycles. The monoisotopic (exact) mass is 285 g/mol. The molecular formula is C18H27N3. The molecule has 3 nitrogen and oxygen atoms in total. The lowest BCUT2D eigenvalue weighted by Crippen LogP contribution is -2.29. The van der Waals surface area contributed by atoms with Crippen LogP contribution in [0.3, 0.4) is 0 Å². The predicted molar refractivity (Wildman–Crippen MR) is 88.5 cm³/mol. The number of imidazole rings is 1. The highest BCUT2D eigenvalue weighted by atomic mass is 15.1. The molecule has 2 aromatic rings. The highest BCUT2D eigenvalue weighted by molar-refractivity contribution is 5.25. The van der Waals surface area contributed by atoms with Gasteiger partial charge in [0.25, 0.3) is 0 Å². The summed E-state index contributed by atoms with van der Waals surface area (Å²) in [5.41, 5.74) is 2.64. The van der Waals surface area contributed by atoms with Crippen LogP contribution < -0.4 is 5.32 Å². The van der Waals surface area contributed by atoms with Crippen molar-refractivity contribution in [3.8, 4) is 0 Å². The lowest BCUT2D eigenvalue weighted by Gasteiger charge is -2.28. The van der Waals surface area contributed by atoms with E-state index in [2.05, 4.69) is 73.0 Å². The third-order valence-electron chi connectivity index (χ3n) is 4.00. The molecule has 1 heterocycles. The van der Waals surface area contributed by atoms with Crippen LogP contribution >= 0.6 is 0 Å². The second-order valence-corrected chi connectivity index (χ2v) is 5.69. The van der Waals surface area contributed by atoms with Gasteiger partial charge >= 0.3 is 0 Å². The molecule has 0 amide bonds. The van der Waals surface area contributed by atoms with Crippen LogP contribution in [0.1, 0.15) is 56.2 Å². The van der Waals surface area contributed by atoms with E-state index in [4.69, 9.17) is 0 Å². The Morgan fingerprint density at radius 3 is 2.52 bits per heavy atom. The van der Waals surface area contributed by atoms with E-state index in [0.29, 0.717) is 12.1 Å². The Labute approximate surface area is 128 Å². The maximum Gasteiger partial charge on any atom is 0.108 e. The number of rotatable bonds is 7. The summed E-state index contributed by atoms with van der Waals surface area (Å²) in [6, 6.07) is 9.49. The van der Waals surface area contributed by atoms with Crippen molar-refractivity contribution < 1.29 is 0 Å². The first kappa shape index (κ1) is 15.8. The summed E-state index contributed by atoms with van der Waals surface area (Å²) < 4.78 is 2.32. The standard InChI is InChI=1S/C18H27N3/c1-5-7-17-20-12-13-21(17)15(4)18(19-6-2)16-10-8-14(3)9-11-16/h8-13,15,18-19H,5-7H2,1-4H3. The molecular weight excluding hydrogens is 258 g/mol. The van der Waals surface area contributed by atoms with Crippen molar-refractivity contribution in [3.63, 3.8) is 0 Å². The van der Waals surface area contributed by atoms with Gasteiger partial charge in [0, 0.05) is 18.8 Å². The van der Waals surface area contributed by atoms with E-state index in [0.717, 1.165) is 19.4 Å². The number of aryl methyl sites for hydroxylation is 2. The minimum atomic E-state index is 0.306. The van der Waals surface area contributed by atoms with E-state index < -0.39 is 0 Å². The van der Waals surface area contributed by atoms with Crippen molar-refractivity contribution in [3.05, 3.63) is 53.6 Å². The molecule has 0 saturated carbocycles. The molecule has 2 unspecified atom stereocenters. The number of hydrogen-bond acceptors (Lipinski definition) is 2. The third kappa shape index (κ3) is 3.73. The molecule has 0 aliphatic carbocycles. The van der Waals surface area contributed by atoms with Gasteiger partial charge in [-0.25, -0.2) is 4.98 Å². The summed E-state index contributed by atoms with van der Waals surface area (Å²) in [5.74, 6) is 1.18. The van der Waals surface area contributed by atoms with Crippen molar-refractivity contribution in [1.82, 2.24) is 14.9 Å². The van der Waals surface area contributed by atoms with Gasteiger partial charge in [-0.2, -0.15) is 0 Å². The average Bonchev–Trinajstić information content (AvgIpc) is 2.94. The lowest BCUT2D eigenvalue weighted by molar-refractivity contribution is 0.376. The van der Waals surface area contributed by atoms with Crippen molar-refractivity contribution in [2.24, 2.45) is 0 Å². The number of likely N-dealkylation sites (N-methyl/N-ethyl adjacent to an activating group) is 1. The van der Waals surface area contributed by atoms with E-state index in [1.165, 1.54) is 17.0 Å². The molecule has 0 aliphatic heterocycles. The van der Waals surface area contributed by atoms with Gasteiger partial charge in [-0.3, -0.25) is 0 Å². The lowest BCUT2D eigenvalue weighted by atomic mass is 9.99. The van der Waals surface area contributed by atoms with Gasteiger partial charge in [-0.15, -0.1) is 0 Å². The summed E-state index contributed by atoms with van der Waals surface area (Å²) in [5, 5.41) is 3.63. The van der Waals surface area contributed by atoms with Crippen LogP contribution in [0, 0.1) is 6.92 Å². The summed E-state index contributed by atoms with van der Waals surface area (Å²) in [6.07, 6.45) is 6.18. The Balaban J connectivity index is 2.28. The summed E-state index contributed by atoms with van der Waals surface area (Å²) in [6.45, 7) is 9.72. The fourth-order valence-corrected chi connectivity index (χ4v) is 2.85. The summed E-state index contributed by atoms with van der Waals surface area (Å²) >= 11 is 0. The number of benzene rings is 1. The minimum Gasteiger partial charge on any atom is -0.330 e. The van der Waals surface area contributed by atoms with Crippen LogP contribution in [0.15, 0.2) is 36.7 Å². The summed E-state index contributed by atoms with van der Waals surface area (Å²) in [4.78, 5) is 4.51. The number of hydrogen-bond donors (Lipinski definition) is 1. The Hall–Kier alpha value is -1.61. The van der Waals surface area contributed by atoms with E-state index >= 15 is 0 Å². The van der Waals surface area contributed by atoms with Gasteiger partial charge in [-0.1, -0.05) is 43.7 Å². The van der Waals surface area contributed by atoms with E-state index in [1.807, 2.05) is 6.20 Å². The molecule has 0 radical (unpaired) electrons. The van der Waals surface area contributed by atoms with E-state index in [-0.39, 0.29) is 0 Å². The molecule has 0 saturated heterocycles. The number of nitrogens with zero attached hydrogens (tertiary/aromatic N) is 2. The molecule has 0 fully saturated rings. The molecule has 0 aliphatic rings. The Kier molecular flexibility index (Phi) is 5.57. The topological polar surface area (TPSA) is 29.9 Å². The molecule has 1 N–H and O–H groups in total. The van der Waals surface area contributed by atoms with Crippen molar-refractivity contribution in [1.29, 1.82) is 0 Å². The van der Waals surface area contributed by atoms with Crippen molar-refractivity contribution in [2.75, 3.05) is 6.54 Å². The normalized spacial score (nSPS) is 14.1. The van der Waals surface area contributed by atoms with Crippen LogP contribution in [-0.4, -0.2) is 16.1 Å². The molecule has 2 rings (SSSR count). The van der Waals surface area contributed by atoms with Crippen LogP contribution in [-0.2, 0) is 6.42 Å². The Morgan fingerprint density at radius 2 is 1.90 bits per heavy atom. The van der Waals surface area contributed by atoms with E-state index in [9.17, 15) is 0 Å². The van der Waals surface area contributed by atoms with Crippen LogP contribution in [0.4, 0.5) is 0 Å². The van der Waals surface area contributed by atoms with Crippen LogP contribution in [0.5, 0.6) is 0 Å². The van der Waals surface area contributed by atoms with Crippen LogP contribution in [0.25, 0.3) is 0 Å². The first-order chi connectivity index (χ1) is 10.2. The van der Waals surface area contributed by atoms with Gasteiger partial charge in [0.15, 0.2) is 0 Å². The molecule has 114 valence electrons.